The van der Waals surface area contributed by atoms with Gasteiger partial charge in [0.15, 0.2) is 0 Å². The molecule has 1 aromatic rings. The van der Waals surface area contributed by atoms with Crippen LogP contribution in [0, 0.1) is 5.92 Å². The van der Waals surface area contributed by atoms with Gasteiger partial charge in [0.25, 0.3) is 0 Å². The molecule has 0 heterocycles. The second-order valence-electron chi connectivity index (χ2n) is 4.71. The van der Waals surface area contributed by atoms with Gasteiger partial charge < -0.3 is 15.2 Å². The summed E-state index contributed by atoms with van der Waals surface area (Å²) in [7, 11) is 0. The van der Waals surface area contributed by atoms with Gasteiger partial charge in [-0.3, -0.25) is 4.79 Å². The number of anilines is 1. The second-order valence-corrected chi connectivity index (χ2v) is 4.71. The summed E-state index contributed by atoms with van der Waals surface area (Å²) in [5, 5.41) is 12.1. The highest BCUT2D eigenvalue weighted by atomic mass is 16.5. The zero-order chi connectivity index (χ0) is 12.8. The predicted octanol–water partition coefficient (Wildman–Crippen LogP) is 2.54. The number of hydrogen-bond acceptors (Lipinski definition) is 4. The van der Waals surface area contributed by atoms with Gasteiger partial charge in [0, 0.05) is 5.69 Å². The van der Waals surface area contributed by atoms with E-state index in [1.165, 1.54) is 19.3 Å². The fourth-order valence-corrected chi connectivity index (χ4v) is 1.93. The number of rotatable bonds is 6. The number of phenols is 1. The third kappa shape index (κ3) is 3.95. The molecular formula is C14H19NO3. The maximum atomic E-state index is 11.4. The van der Waals surface area contributed by atoms with E-state index in [-0.39, 0.29) is 18.3 Å². The molecule has 1 aliphatic rings. The molecule has 0 bridgehead atoms. The molecule has 2 N–H and O–H groups in total. The van der Waals surface area contributed by atoms with Crippen LogP contribution in [0.2, 0.25) is 0 Å². The van der Waals surface area contributed by atoms with Crippen LogP contribution in [-0.2, 0) is 9.53 Å². The van der Waals surface area contributed by atoms with E-state index in [1.807, 2.05) is 0 Å². The maximum Gasteiger partial charge on any atom is 0.325 e. The van der Waals surface area contributed by atoms with Crippen LogP contribution in [0.5, 0.6) is 5.75 Å². The lowest BCUT2D eigenvalue weighted by Gasteiger charge is -2.24. The SMILES string of the molecule is O=C(CNc1ccc(O)cc1)OCCC1CCC1. The smallest absolute Gasteiger partial charge is 0.325 e. The number of hydrogen-bond donors (Lipinski definition) is 2. The standard InChI is InChI=1S/C14H19NO3/c16-13-6-4-12(5-7-13)15-10-14(17)18-9-8-11-2-1-3-11/h4-7,11,15-16H,1-3,8-10H2. The van der Waals surface area contributed by atoms with E-state index in [4.69, 9.17) is 9.84 Å². The molecule has 0 amide bonds. The first-order valence-corrected chi connectivity index (χ1v) is 6.42. The van der Waals surface area contributed by atoms with Crippen molar-refractivity contribution in [2.45, 2.75) is 25.7 Å². The second kappa shape index (κ2) is 6.28. The predicted molar refractivity (Wildman–Crippen MR) is 69.5 cm³/mol. The lowest BCUT2D eigenvalue weighted by Crippen LogP contribution is -2.20. The highest BCUT2D eigenvalue weighted by molar-refractivity contribution is 5.75. The van der Waals surface area contributed by atoms with Crippen LogP contribution >= 0.6 is 0 Å². The van der Waals surface area contributed by atoms with E-state index in [1.54, 1.807) is 24.3 Å². The summed E-state index contributed by atoms with van der Waals surface area (Å²) in [6.45, 7) is 0.691. The molecule has 18 heavy (non-hydrogen) atoms. The van der Waals surface area contributed by atoms with Crippen molar-refractivity contribution in [1.82, 2.24) is 0 Å². The van der Waals surface area contributed by atoms with Gasteiger partial charge in [-0.2, -0.15) is 0 Å². The summed E-state index contributed by atoms with van der Waals surface area (Å²) >= 11 is 0. The summed E-state index contributed by atoms with van der Waals surface area (Å²) in [6.07, 6.45) is 4.87. The van der Waals surface area contributed by atoms with Gasteiger partial charge in [0.1, 0.15) is 12.3 Å². The molecule has 0 saturated heterocycles. The number of carbonyl (C=O) groups is 1. The van der Waals surface area contributed by atoms with Gasteiger partial charge in [-0.05, 0) is 36.6 Å². The van der Waals surface area contributed by atoms with Crippen molar-refractivity contribution in [2.24, 2.45) is 5.92 Å². The quantitative estimate of drug-likeness (QED) is 0.601. The van der Waals surface area contributed by atoms with Crippen molar-refractivity contribution in [3.8, 4) is 5.75 Å². The molecule has 0 unspecified atom stereocenters. The van der Waals surface area contributed by atoms with E-state index in [2.05, 4.69) is 5.32 Å². The summed E-state index contributed by atoms with van der Waals surface area (Å²) < 4.78 is 5.14. The molecule has 1 saturated carbocycles. The van der Waals surface area contributed by atoms with E-state index >= 15 is 0 Å². The number of esters is 1. The third-order valence-electron chi connectivity index (χ3n) is 3.32. The van der Waals surface area contributed by atoms with Crippen molar-refractivity contribution in [1.29, 1.82) is 0 Å². The monoisotopic (exact) mass is 249 g/mol. The fraction of sp³-hybridized carbons (Fsp3) is 0.500. The van der Waals surface area contributed by atoms with Crippen LogP contribution in [0.3, 0.4) is 0 Å². The largest absolute Gasteiger partial charge is 0.508 e. The minimum absolute atomic E-state index is 0.162. The first kappa shape index (κ1) is 12.7. The van der Waals surface area contributed by atoms with E-state index in [9.17, 15) is 4.79 Å². The number of benzene rings is 1. The number of aromatic hydroxyl groups is 1. The third-order valence-corrected chi connectivity index (χ3v) is 3.32. The highest BCUT2D eigenvalue weighted by Crippen LogP contribution is 2.29. The van der Waals surface area contributed by atoms with Crippen LogP contribution < -0.4 is 5.32 Å². The summed E-state index contributed by atoms with van der Waals surface area (Å²) in [5.74, 6) is 0.744. The molecule has 4 nitrogen and oxygen atoms in total. The highest BCUT2D eigenvalue weighted by Gasteiger charge is 2.17. The first-order chi connectivity index (χ1) is 8.74. The molecule has 1 aromatic carbocycles. The normalized spacial score (nSPS) is 14.9. The van der Waals surface area contributed by atoms with Crippen molar-refractivity contribution in [2.75, 3.05) is 18.5 Å². The molecule has 0 aromatic heterocycles. The first-order valence-electron chi connectivity index (χ1n) is 6.42. The Morgan fingerprint density at radius 2 is 2.06 bits per heavy atom. The van der Waals surface area contributed by atoms with Crippen LogP contribution in [0.1, 0.15) is 25.7 Å². The molecule has 2 rings (SSSR count). The minimum Gasteiger partial charge on any atom is -0.508 e. The lowest BCUT2D eigenvalue weighted by molar-refractivity contribution is -0.142. The van der Waals surface area contributed by atoms with Crippen molar-refractivity contribution in [3.63, 3.8) is 0 Å². The Morgan fingerprint density at radius 1 is 1.33 bits per heavy atom. The van der Waals surface area contributed by atoms with Crippen molar-refractivity contribution in [3.05, 3.63) is 24.3 Å². The van der Waals surface area contributed by atoms with Gasteiger partial charge in [0.05, 0.1) is 6.61 Å². The Morgan fingerprint density at radius 3 is 2.67 bits per heavy atom. The molecule has 0 radical (unpaired) electrons. The Labute approximate surface area is 107 Å². The zero-order valence-electron chi connectivity index (χ0n) is 10.4. The summed E-state index contributed by atoms with van der Waals surface area (Å²) in [4.78, 5) is 11.4. The Hall–Kier alpha value is -1.71. The van der Waals surface area contributed by atoms with Gasteiger partial charge >= 0.3 is 5.97 Å². The topological polar surface area (TPSA) is 58.6 Å². The molecular weight excluding hydrogens is 230 g/mol. The molecule has 4 heteroatoms. The number of ether oxygens (including phenoxy) is 1. The van der Waals surface area contributed by atoms with Crippen LogP contribution in [0.4, 0.5) is 5.69 Å². The minimum atomic E-state index is -0.234. The maximum absolute atomic E-state index is 11.4. The molecule has 0 aliphatic heterocycles. The van der Waals surface area contributed by atoms with Crippen LogP contribution in [0.25, 0.3) is 0 Å². The average molecular weight is 249 g/mol. The van der Waals surface area contributed by atoms with Crippen LogP contribution in [0.15, 0.2) is 24.3 Å². The van der Waals surface area contributed by atoms with Gasteiger partial charge in [-0.1, -0.05) is 19.3 Å². The van der Waals surface area contributed by atoms with E-state index in [0.717, 1.165) is 18.0 Å². The lowest BCUT2D eigenvalue weighted by atomic mass is 9.83. The van der Waals surface area contributed by atoms with Crippen LogP contribution in [-0.4, -0.2) is 24.2 Å². The molecule has 98 valence electrons. The molecule has 1 fully saturated rings. The summed E-state index contributed by atoms with van der Waals surface area (Å²) in [5.41, 5.74) is 0.795. The Kier molecular flexibility index (Phi) is 4.45. The fourth-order valence-electron chi connectivity index (χ4n) is 1.93. The number of phenolic OH excluding ortho intramolecular Hbond substituents is 1. The van der Waals surface area contributed by atoms with Gasteiger partial charge in [-0.25, -0.2) is 0 Å². The molecule has 0 spiro atoms. The average Bonchev–Trinajstić information content (AvgIpc) is 2.32. The van der Waals surface area contributed by atoms with Crippen molar-refractivity contribution >= 4 is 11.7 Å². The Bertz CT molecular complexity index is 385. The van der Waals surface area contributed by atoms with E-state index < -0.39 is 0 Å². The van der Waals surface area contributed by atoms with Gasteiger partial charge in [0.2, 0.25) is 0 Å². The van der Waals surface area contributed by atoms with Crippen molar-refractivity contribution < 1.29 is 14.6 Å². The zero-order valence-corrected chi connectivity index (χ0v) is 10.4. The summed E-state index contributed by atoms with van der Waals surface area (Å²) in [6, 6.07) is 6.59. The van der Waals surface area contributed by atoms with E-state index in [0.29, 0.717) is 6.61 Å². The number of nitrogens with one attached hydrogen (secondary N) is 1. The number of carbonyl (C=O) groups excluding carboxylic acids is 1. The Balaban J connectivity index is 1.60. The molecule has 1 aliphatic carbocycles. The molecule has 0 atom stereocenters. The van der Waals surface area contributed by atoms with Gasteiger partial charge in [-0.15, -0.1) is 0 Å².